The van der Waals surface area contributed by atoms with Crippen molar-refractivity contribution in [1.29, 1.82) is 0 Å². The highest BCUT2D eigenvalue weighted by molar-refractivity contribution is 7.47. The molecule has 0 aromatic carbocycles. The summed E-state index contributed by atoms with van der Waals surface area (Å²) in [6, 6.07) is 0. The van der Waals surface area contributed by atoms with E-state index in [9.17, 15) is 43.2 Å². The number of aliphatic hydroxyl groups is 1. The normalized spacial score (nSPS) is 14.3. The Balaban J connectivity index is 5.36. The zero-order chi connectivity index (χ0) is 73.2. The smallest absolute Gasteiger partial charge is 0.462 e. The fourth-order valence-corrected chi connectivity index (χ4v) is 12.5. The van der Waals surface area contributed by atoms with Crippen LogP contribution in [0.15, 0.2) is 72.9 Å². The molecule has 2 unspecified atom stereocenters. The molecule has 3 N–H and O–H groups in total. The molecule has 0 aromatic heterocycles. The summed E-state index contributed by atoms with van der Waals surface area (Å²) < 4.78 is 68.6. The molecule has 0 aliphatic carbocycles. The Morgan fingerprint density at radius 2 is 0.490 bits per heavy atom. The highest BCUT2D eigenvalue weighted by atomic mass is 31.2. The van der Waals surface area contributed by atoms with Crippen molar-refractivity contribution in [2.45, 2.75) is 380 Å². The van der Waals surface area contributed by atoms with Crippen molar-refractivity contribution in [2.75, 3.05) is 39.6 Å². The maximum absolute atomic E-state index is 13.1. The summed E-state index contributed by atoms with van der Waals surface area (Å²) in [4.78, 5) is 73.0. The van der Waals surface area contributed by atoms with Crippen molar-refractivity contribution in [1.82, 2.24) is 0 Å². The third kappa shape index (κ3) is 72.8. The molecule has 5 atom stereocenters. The summed E-state index contributed by atoms with van der Waals surface area (Å²) in [6.07, 6.45) is 74.4. The van der Waals surface area contributed by atoms with E-state index in [1.807, 2.05) is 0 Å². The van der Waals surface area contributed by atoms with Gasteiger partial charge in [0.15, 0.2) is 12.2 Å². The van der Waals surface area contributed by atoms with E-state index in [4.69, 9.17) is 37.0 Å². The molecule has 0 saturated heterocycles. The molecule has 0 saturated carbocycles. The van der Waals surface area contributed by atoms with Crippen LogP contribution in [0.3, 0.4) is 0 Å². The number of phosphoric ester groups is 2. The van der Waals surface area contributed by atoms with Gasteiger partial charge in [-0.2, -0.15) is 0 Å². The number of ether oxygens (including phenoxy) is 4. The highest BCUT2D eigenvalue weighted by Crippen LogP contribution is 2.45. The van der Waals surface area contributed by atoms with E-state index in [2.05, 4.69) is 101 Å². The maximum atomic E-state index is 13.1. The van der Waals surface area contributed by atoms with E-state index in [1.54, 1.807) is 0 Å². The van der Waals surface area contributed by atoms with E-state index in [1.165, 1.54) is 128 Å². The predicted octanol–water partition coefficient (Wildman–Crippen LogP) is 23.2. The zero-order valence-corrected chi connectivity index (χ0v) is 65.4. The minimum atomic E-state index is -4.98. The van der Waals surface area contributed by atoms with E-state index >= 15 is 0 Å². The lowest BCUT2D eigenvalue weighted by Crippen LogP contribution is -2.30. The molecule has 100 heavy (non-hydrogen) atoms. The van der Waals surface area contributed by atoms with Crippen LogP contribution in [0.25, 0.3) is 0 Å². The first-order valence-electron chi connectivity index (χ1n) is 40.2. The van der Waals surface area contributed by atoms with Crippen molar-refractivity contribution in [3.8, 4) is 0 Å². The van der Waals surface area contributed by atoms with E-state index in [0.29, 0.717) is 25.7 Å². The van der Waals surface area contributed by atoms with Crippen LogP contribution in [-0.4, -0.2) is 96.7 Å². The molecule has 0 heterocycles. The van der Waals surface area contributed by atoms with Gasteiger partial charge in [-0.25, -0.2) is 9.13 Å². The lowest BCUT2D eigenvalue weighted by atomic mass is 10.0. The van der Waals surface area contributed by atoms with Crippen LogP contribution < -0.4 is 0 Å². The molecule has 0 radical (unpaired) electrons. The van der Waals surface area contributed by atoms with Crippen molar-refractivity contribution < 1.29 is 80.2 Å². The van der Waals surface area contributed by atoms with Crippen LogP contribution in [0.1, 0.15) is 362 Å². The monoisotopic (exact) mass is 1450 g/mol. The molecule has 0 spiro atoms. The van der Waals surface area contributed by atoms with Crippen molar-refractivity contribution in [2.24, 2.45) is 0 Å². The minimum absolute atomic E-state index is 0.0780. The van der Waals surface area contributed by atoms with Crippen LogP contribution in [0.4, 0.5) is 0 Å². The Kier molecular flexibility index (Phi) is 71.2. The summed E-state index contributed by atoms with van der Waals surface area (Å²) >= 11 is 0. The van der Waals surface area contributed by atoms with Gasteiger partial charge >= 0.3 is 39.5 Å². The second kappa shape index (κ2) is 73.8. The Labute approximate surface area is 609 Å². The van der Waals surface area contributed by atoms with E-state index in [-0.39, 0.29) is 25.7 Å². The number of carbonyl (C=O) groups excluding carboxylic acids is 4. The van der Waals surface area contributed by atoms with Crippen LogP contribution in [-0.2, 0) is 65.4 Å². The van der Waals surface area contributed by atoms with Crippen LogP contribution in [0.2, 0.25) is 0 Å². The fourth-order valence-electron chi connectivity index (χ4n) is 11.0. The van der Waals surface area contributed by atoms with Gasteiger partial charge in [0.05, 0.1) is 26.4 Å². The van der Waals surface area contributed by atoms with Gasteiger partial charge in [-0.05, 0) is 122 Å². The molecule has 0 amide bonds. The Morgan fingerprint density at radius 3 is 0.760 bits per heavy atom. The van der Waals surface area contributed by atoms with E-state index < -0.39 is 97.5 Å². The first-order chi connectivity index (χ1) is 48.7. The Morgan fingerprint density at radius 1 is 0.280 bits per heavy atom. The quantitative estimate of drug-likeness (QED) is 0.0169. The first-order valence-corrected chi connectivity index (χ1v) is 43.2. The predicted molar refractivity (Wildman–Crippen MR) is 409 cm³/mol. The number of rotatable bonds is 76. The van der Waals surface area contributed by atoms with Crippen LogP contribution >= 0.6 is 15.6 Å². The second-order valence-electron chi connectivity index (χ2n) is 27.0. The molecule has 0 bridgehead atoms. The lowest BCUT2D eigenvalue weighted by molar-refractivity contribution is -0.161. The molecule has 582 valence electrons. The number of phosphoric acid groups is 2. The molecule has 19 heteroatoms. The van der Waals surface area contributed by atoms with Crippen molar-refractivity contribution >= 4 is 39.5 Å². The summed E-state index contributed by atoms with van der Waals surface area (Å²) in [5.41, 5.74) is 0. The standard InChI is InChI=1S/C81H146O17P2/c1-5-9-13-17-21-25-29-33-37-41-45-49-53-57-61-65-78(83)91-71-76(97-80(85)67-63-59-55-51-47-43-39-35-31-27-23-19-15-11-7-3)73-95-99(87,88)93-69-75(82)70-94-100(89,90)96-74-77(98-81(86)68-64-60-56-52-48-44-40-36-32-28-24-20-16-12-8-4)72-92-79(84)66-62-58-54-50-46-42-38-34-30-26-22-18-14-10-6-2/h21,23-25,27-28,33,35-37,39-40,75-77,82H,5-20,22,26,29-32,34,38,41-74H2,1-4H3,(H,87,88)(H,89,90)/b25-21-,27-23-,28-24-,37-33-,39-35-,40-36-/t75-,76+,77+/m0/s1. The fraction of sp³-hybridized carbons (Fsp3) is 0.802. The molecule has 0 aliphatic rings. The summed E-state index contributed by atoms with van der Waals surface area (Å²) in [5.74, 6) is -2.19. The van der Waals surface area contributed by atoms with Gasteiger partial charge in [-0.3, -0.25) is 37.3 Å². The van der Waals surface area contributed by atoms with Gasteiger partial charge < -0.3 is 33.8 Å². The van der Waals surface area contributed by atoms with Gasteiger partial charge in [0, 0.05) is 25.7 Å². The van der Waals surface area contributed by atoms with Crippen LogP contribution in [0, 0.1) is 0 Å². The number of unbranched alkanes of at least 4 members (excludes halogenated alkanes) is 38. The van der Waals surface area contributed by atoms with Crippen molar-refractivity contribution in [3.63, 3.8) is 0 Å². The largest absolute Gasteiger partial charge is 0.472 e. The number of aliphatic hydroxyl groups excluding tert-OH is 1. The SMILES string of the molecule is CCCCC/C=C\C/C=C\CCCCCCCC(=O)OC[C@H](COP(=O)(O)OC[C@H](O)COP(=O)(O)OC[C@@H](COC(=O)CCCCCCCCCCCCCCCCC)OC(=O)CCCCCCC/C=C\C/C=C\CCCCC)OC(=O)CCCCCCC/C=C\C/C=C\CCCCC. The highest BCUT2D eigenvalue weighted by Gasteiger charge is 2.30. The first kappa shape index (κ1) is 96.5. The third-order valence-electron chi connectivity index (χ3n) is 17.1. The number of hydrogen-bond acceptors (Lipinski definition) is 15. The Bertz CT molecular complexity index is 2180. The summed E-state index contributed by atoms with van der Waals surface area (Å²) in [6.45, 7) is 4.81. The van der Waals surface area contributed by atoms with E-state index in [0.717, 1.165) is 154 Å². The number of carbonyl (C=O) groups is 4. The van der Waals surface area contributed by atoms with Gasteiger partial charge in [0.1, 0.15) is 19.3 Å². The molecular formula is C81H146O17P2. The third-order valence-corrected chi connectivity index (χ3v) is 19.0. The van der Waals surface area contributed by atoms with Gasteiger partial charge in [0.2, 0.25) is 0 Å². The molecule has 17 nitrogen and oxygen atoms in total. The Hall–Kier alpha value is -3.50. The molecular weight excluding hydrogens is 1310 g/mol. The second-order valence-corrected chi connectivity index (χ2v) is 29.9. The minimum Gasteiger partial charge on any atom is -0.462 e. The number of esters is 4. The molecule has 0 rings (SSSR count). The molecule has 0 aliphatic heterocycles. The van der Waals surface area contributed by atoms with Gasteiger partial charge in [-0.1, -0.05) is 287 Å². The summed E-state index contributed by atoms with van der Waals surface area (Å²) in [5, 5.41) is 10.6. The summed E-state index contributed by atoms with van der Waals surface area (Å²) in [7, 11) is -9.95. The van der Waals surface area contributed by atoms with Crippen molar-refractivity contribution in [3.05, 3.63) is 72.9 Å². The number of allylic oxidation sites excluding steroid dienone is 12. The average molecular weight is 1450 g/mol. The topological polar surface area (TPSA) is 237 Å². The van der Waals surface area contributed by atoms with Gasteiger partial charge in [0.25, 0.3) is 0 Å². The van der Waals surface area contributed by atoms with Gasteiger partial charge in [-0.15, -0.1) is 0 Å². The lowest BCUT2D eigenvalue weighted by Gasteiger charge is -2.21. The molecule has 0 fully saturated rings. The number of hydrogen-bond donors (Lipinski definition) is 3. The van der Waals surface area contributed by atoms with Crippen LogP contribution in [0.5, 0.6) is 0 Å². The zero-order valence-electron chi connectivity index (χ0n) is 63.6. The molecule has 0 aromatic rings. The maximum Gasteiger partial charge on any atom is 0.472 e. The average Bonchev–Trinajstić information content (AvgIpc) is 1.01.